The smallest absolute Gasteiger partial charge is 0.220 e. The molecule has 0 aliphatic carbocycles. The van der Waals surface area contributed by atoms with Crippen molar-refractivity contribution in [3.63, 3.8) is 0 Å². The molecule has 0 spiro atoms. The van der Waals surface area contributed by atoms with Gasteiger partial charge in [0.2, 0.25) is 5.91 Å². The summed E-state index contributed by atoms with van der Waals surface area (Å²) in [6.45, 7) is 8.88. The number of rotatable bonds is 7. The first-order chi connectivity index (χ1) is 9.00. The van der Waals surface area contributed by atoms with E-state index in [0.29, 0.717) is 31.2 Å². The maximum absolute atomic E-state index is 11.8. The summed E-state index contributed by atoms with van der Waals surface area (Å²) in [7, 11) is 0. The number of carbonyl (C=O) groups excluding carboxylic acids is 1. The van der Waals surface area contributed by atoms with E-state index >= 15 is 0 Å². The summed E-state index contributed by atoms with van der Waals surface area (Å²) >= 11 is 0. The number of nitrogens with one attached hydrogen (secondary N) is 2. The molecule has 0 bridgehead atoms. The van der Waals surface area contributed by atoms with E-state index in [0.717, 1.165) is 13.1 Å². The molecular formula is C15H30N2O2. The van der Waals surface area contributed by atoms with Crippen molar-refractivity contribution in [3.05, 3.63) is 0 Å². The van der Waals surface area contributed by atoms with Gasteiger partial charge < -0.3 is 15.7 Å². The standard InChI is InChI=1S/C15H30N2O2/c1-11(2)14(18)6-8-17-15(19)9-12(3)13-5-4-7-16-10-13/h11-14,16,18H,4-10H2,1-3H3,(H,17,19). The maximum atomic E-state index is 11.8. The van der Waals surface area contributed by atoms with Crippen LogP contribution in [0.4, 0.5) is 0 Å². The van der Waals surface area contributed by atoms with Crippen LogP contribution in [-0.2, 0) is 4.79 Å². The molecule has 112 valence electrons. The molecule has 3 atom stereocenters. The fourth-order valence-corrected chi connectivity index (χ4v) is 2.59. The van der Waals surface area contributed by atoms with Gasteiger partial charge in [0, 0.05) is 13.0 Å². The van der Waals surface area contributed by atoms with Gasteiger partial charge in [-0.2, -0.15) is 0 Å². The summed E-state index contributed by atoms with van der Waals surface area (Å²) in [4.78, 5) is 11.8. The van der Waals surface area contributed by atoms with Crippen molar-refractivity contribution >= 4 is 5.91 Å². The van der Waals surface area contributed by atoms with Crippen molar-refractivity contribution in [1.82, 2.24) is 10.6 Å². The molecule has 3 N–H and O–H groups in total. The Kier molecular flexibility index (Phi) is 7.39. The first kappa shape index (κ1) is 16.4. The van der Waals surface area contributed by atoms with Crippen LogP contribution in [0.3, 0.4) is 0 Å². The number of hydrogen-bond donors (Lipinski definition) is 3. The first-order valence-electron chi connectivity index (χ1n) is 7.66. The Balaban J connectivity index is 2.15. The third-order valence-electron chi connectivity index (χ3n) is 4.18. The van der Waals surface area contributed by atoms with E-state index in [9.17, 15) is 9.90 Å². The number of aliphatic hydroxyl groups excluding tert-OH is 1. The lowest BCUT2D eigenvalue weighted by atomic mass is 9.85. The molecule has 1 aliphatic rings. The predicted molar refractivity (Wildman–Crippen MR) is 77.8 cm³/mol. The van der Waals surface area contributed by atoms with E-state index in [2.05, 4.69) is 17.6 Å². The van der Waals surface area contributed by atoms with E-state index in [1.54, 1.807) is 0 Å². The quantitative estimate of drug-likeness (QED) is 0.657. The first-order valence-corrected chi connectivity index (χ1v) is 7.66. The monoisotopic (exact) mass is 270 g/mol. The third-order valence-corrected chi connectivity index (χ3v) is 4.18. The predicted octanol–water partition coefficient (Wildman–Crippen LogP) is 1.54. The summed E-state index contributed by atoms with van der Waals surface area (Å²) in [5, 5.41) is 16.0. The van der Waals surface area contributed by atoms with Crippen molar-refractivity contribution in [2.45, 2.75) is 52.6 Å². The molecule has 1 amide bonds. The zero-order valence-corrected chi connectivity index (χ0v) is 12.6. The molecule has 1 aliphatic heterocycles. The highest BCUT2D eigenvalue weighted by atomic mass is 16.3. The Bertz CT molecular complexity index is 263. The largest absolute Gasteiger partial charge is 0.393 e. The number of aliphatic hydroxyl groups is 1. The molecule has 0 radical (unpaired) electrons. The molecule has 1 rings (SSSR count). The molecular weight excluding hydrogens is 240 g/mol. The molecule has 3 unspecified atom stereocenters. The lowest BCUT2D eigenvalue weighted by molar-refractivity contribution is -0.122. The summed E-state index contributed by atoms with van der Waals surface area (Å²) in [6.07, 6.45) is 3.37. The van der Waals surface area contributed by atoms with Gasteiger partial charge >= 0.3 is 0 Å². The van der Waals surface area contributed by atoms with Crippen LogP contribution in [0.5, 0.6) is 0 Å². The Morgan fingerprint density at radius 2 is 2.16 bits per heavy atom. The van der Waals surface area contributed by atoms with Gasteiger partial charge in [-0.3, -0.25) is 4.79 Å². The third kappa shape index (κ3) is 6.39. The number of hydrogen-bond acceptors (Lipinski definition) is 3. The normalized spacial score (nSPS) is 23.1. The van der Waals surface area contributed by atoms with E-state index in [4.69, 9.17) is 0 Å². The summed E-state index contributed by atoms with van der Waals surface area (Å²) in [5.41, 5.74) is 0. The second-order valence-electron chi connectivity index (χ2n) is 6.24. The second-order valence-corrected chi connectivity index (χ2v) is 6.24. The van der Waals surface area contributed by atoms with Crippen LogP contribution in [0.2, 0.25) is 0 Å². The number of piperidine rings is 1. The lowest BCUT2D eigenvalue weighted by Crippen LogP contribution is -2.36. The van der Waals surface area contributed by atoms with Gasteiger partial charge in [0.1, 0.15) is 0 Å². The zero-order chi connectivity index (χ0) is 14.3. The molecule has 0 aromatic rings. The van der Waals surface area contributed by atoms with Crippen LogP contribution in [-0.4, -0.2) is 36.8 Å². The van der Waals surface area contributed by atoms with E-state index < -0.39 is 0 Å². The Morgan fingerprint density at radius 1 is 1.42 bits per heavy atom. The average Bonchev–Trinajstić information content (AvgIpc) is 2.39. The molecule has 1 saturated heterocycles. The Morgan fingerprint density at radius 3 is 2.74 bits per heavy atom. The van der Waals surface area contributed by atoms with Gasteiger partial charge in [-0.25, -0.2) is 0 Å². The SMILES string of the molecule is CC(C)C(O)CCNC(=O)CC(C)C1CCCNC1. The maximum Gasteiger partial charge on any atom is 0.220 e. The van der Waals surface area contributed by atoms with E-state index in [1.165, 1.54) is 12.8 Å². The molecule has 1 heterocycles. The fourth-order valence-electron chi connectivity index (χ4n) is 2.59. The van der Waals surface area contributed by atoms with Crippen LogP contribution in [0.25, 0.3) is 0 Å². The van der Waals surface area contributed by atoms with E-state index in [1.807, 2.05) is 13.8 Å². The number of amides is 1. The Labute approximate surface area is 117 Å². The minimum absolute atomic E-state index is 0.119. The van der Waals surface area contributed by atoms with Crippen LogP contribution in [0.15, 0.2) is 0 Å². The second kappa shape index (κ2) is 8.54. The highest BCUT2D eigenvalue weighted by Crippen LogP contribution is 2.22. The summed E-state index contributed by atoms with van der Waals surface area (Å²) in [6, 6.07) is 0. The number of carbonyl (C=O) groups is 1. The van der Waals surface area contributed by atoms with Crippen molar-refractivity contribution in [2.75, 3.05) is 19.6 Å². The van der Waals surface area contributed by atoms with Gasteiger partial charge in [-0.15, -0.1) is 0 Å². The Hall–Kier alpha value is -0.610. The van der Waals surface area contributed by atoms with E-state index in [-0.39, 0.29) is 17.9 Å². The molecule has 19 heavy (non-hydrogen) atoms. The van der Waals surface area contributed by atoms with Crippen LogP contribution < -0.4 is 10.6 Å². The highest BCUT2D eigenvalue weighted by molar-refractivity contribution is 5.76. The molecule has 1 fully saturated rings. The average molecular weight is 270 g/mol. The van der Waals surface area contributed by atoms with Gasteiger partial charge in [-0.1, -0.05) is 20.8 Å². The molecule has 4 nitrogen and oxygen atoms in total. The van der Waals surface area contributed by atoms with Crippen molar-refractivity contribution in [1.29, 1.82) is 0 Å². The van der Waals surface area contributed by atoms with Gasteiger partial charge in [0.25, 0.3) is 0 Å². The van der Waals surface area contributed by atoms with Crippen molar-refractivity contribution in [2.24, 2.45) is 17.8 Å². The van der Waals surface area contributed by atoms with Crippen LogP contribution in [0, 0.1) is 17.8 Å². The van der Waals surface area contributed by atoms with Gasteiger partial charge in [-0.05, 0) is 50.1 Å². The van der Waals surface area contributed by atoms with Gasteiger partial charge in [0.05, 0.1) is 6.10 Å². The molecule has 0 aromatic carbocycles. The summed E-state index contributed by atoms with van der Waals surface area (Å²) < 4.78 is 0. The van der Waals surface area contributed by atoms with Crippen molar-refractivity contribution in [3.8, 4) is 0 Å². The molecule has 0 aromatic heterocycles. The lowest BCUT2D eigenvalue weighted by Gasteiger charge is -2.28. The molecule has 0 saturated carbocycles. The summed E-state index contributed by atoms with van der Waals surface area (Å²) in [5.74, 6) is 1.43. The van der Waals surface area contributed by atoms with Crippen LogP contribution in [0.1, 0.15) is 46.5 Å². The highest BCUT2D eigenvalue weighted by Gasteiger charge is 2.21. The van der Waals surface area contributed by atoms with Crippen molar-refractivity contribution < 1.29 is 9.90 Å². The van der Waals surface area contributed by atoms with Crippen LogP contribution >= 0.6 is 0 Å². The minimum Gasteiger partial charge on any atom is -0.393 e. The van der Waals surface area contributed by atoms with Gasteiger partial charge in [0.15, 0.2) is 0 Å². The molecule has 4 heteroatoms. The topological polar surface area (TPSA) is 61.4 Å². The minimum atomic E-state index is -0.319. The zero-order valence-electron chi connectivity index (χ0n) is 12.6. The fraction of sp³-hybridized carbons (Fsp3) is 0.933.